The van der Waals surface area contributed by atoms with Crippen molar-refractivity contribution < 1.29 is 14.3 Å². The van der Waals surface area contributed by atoms with Gasteiger partial charge in [-0.3, -0.25) is 14.5 Å². The Kier molecular flexibility index (Phi) is 8.43. The smallest absolute Gasteiger partial charge is 0.223 e. The summed E-state index contributed by atoms with van der Waals surface area (Å²) in [5.41, 5.74) is 2.67. The first kappa shape index (κ1) is 21.1. The van der Waals surface area contributed by atoms with E-state index in [-0.39, 0.29) is 24.5 Å². The zero-order chi connectivity index (χ0) is 19.6. The lowest BCUT2D eigenvalue weighted by Crippen LogP contribution is -2.43. The van der Waals surface area contributed by atoms with Gasteiger partial charge in [0.1, 0.15) is 0 Å². The number of rotatable bonds is 9. The van der Waals surface area contributed by atoms with E-state index in [2.05, 4.69) is 11.0 Å². The second-order valence-corrected chi connectivity index (χ2v) is 6.98. The maximum absolute atomic E-state index is 12.6. The van der Waals surface area contributed by atoms with Crippen LogP contribution in [0.25, 0.3) is 0 Å². The number of hydrogen-bond acceptors (Lipinski definition) is 5. The summed E-state index contributed by atoms with van der Waals surface area (Å²) >= 11 is 0. The van der Waals surface area contributed by atoms with Gasteiger partial charge in [-0.05, 0) is 25.5 Å². The van der Waals surface area contributed by atoms with Gasteiger partial charge < -0.3 is 9.64 Å². The lowest BCUT2D eigenvalue weighted by atomic mass is 9.99. The maximum atomic E-state index is 12.6. The molecule has 0 aromatic heterocycles. The Hall–Kier alpha value is -2.23. The Labute approximate surface area is 161 Å². The van der Waals surface area contributed by atoms with Gasteiger partial charge >= 0.3 is 0 Å². The number of ether oxygens (including phenoxy) is 1. The molecule has 0 radical (unpaired) electrons. The van der Waals surface area contributed by atoms with E-state index in [9.17, 15) is 9.59 Å². The average molecular weight is 371 g/mol. The van der Waals surface area contributed by atoms with E-state index in [1.54, 1.807) is 4.90 Å². The van der Waals surface area contributed by atoms with Crippen molar-refractivity contribution in [1.82, 2.24) is 9.80 Å². The summed E-state index contributed by atoms with van der Waals surface area (Å²) in [6.07, 6.45) is 0.685. The average Bonchev–Trinajstić information content (AvgIpc) is 2.68. The number of nitrogens with zero attached hydrogens (tertiary/aromatic N) is 3. The van der Waals surface area contributed by atoms with E-state index >= 15 is 0 Å². The number of nitriles is 1. The number of benzene rings is 1. The van der Waals surface area contributed by atoms with E-state index in [0.717, 1.165) is 44.0 Å². The first-order valence-electron chi connectivity index (χ1n) is 9.56. The van der Waals surface area contributed by atoms with Gasteiger partial charge in [0.05, 0.1) is 25.7 Å². The highest BCUT2D eigenvalue weighted by Crippen LogP contribution is 2.14. The van der Waals surface area contributed by atoms with Crippen molar-refractivity contribution in [1.29, 1.82) is 5.26 Å². The van der Waals surface area contributed by atoms with Crippen LogP contribution in [-0.4, -0.2) is 67.4 Å². The summed E-state index contributed by atoms with van der Waals surface area (Å²) in [4.78, 5) is 29.1. The van der Waals surface area contributed by atoms with Crippen LogP contribution in [0.2, 0.25) is 0 Å². The summed E-state index contributed by atoms with van der Waals surface area (Å²) in [5, 5.41) is 8.87. The largest absolute Gasteiger partial charge is 0.379 e. The summed E-state index contributed by atoms with van der Waals surface area (Å²) in [7, 11) is 0. The van der Waals surface area contributed by atoms with E-state index in [1.165, 1.54) is 0 Å². The molecule has 1 aromatic rings. The second kappa shape index (κ2) is 10.8. The molecule has 1 aromatic carbocycles. The summed E-state index contributed by atoms with van der Waals surface area (Å²) < 4.78 is 5.34. The van der Waals surface area contributed by atoms with Gasteiger partial charge in [0, 0.05) is 51.1 Å². The van der Waals surface area contributed by atoms with Crippen LogP contribution in [0.4, 0.5) is 0 Å². The molecule has 1 fully saturated rings. The number of amides is 1. The number of hydrogen-bond donors (Lipinski definition) is 0. The molecule has 146 valence electrons. The Morgan fingerprint density at radius 3 is 2.63 bits per heavy atom. The second-order valence-electron chi connectivity index (χ2n) is 6.98. The van der Waals surface area contributed by atoms with Crippen LogP contribution in [0.3, 0.4) is 0 Å². The van der Waals surface area contributed by atoms with Gasteiger partial charge in [-0.25, -0.2) is 0 Å². The van der Waals surface area contributed by atoms with E-state index in [0.29, 0.717) is 25.1 Å². The molecule has 1 heterocycles. The first-order chi connectivity index (χ1) is 13.0. The fourth-order valence-corrected chi connectivity index (χ4v) is 3.18. The van der Waals surface area contributed by atoms with Crippen molar-refractivity contribution in [3.05, 3.63) is 34.9 Å². The molecule has 0 bridgehead atoms. The highest BCUT2D eigenvalue weighted by Gasteiger charge is 2.18. The fraction of sp³-hybridized carbons (Fsp3) is 0.571. The lowest BCUT2D eigenvalue weighted by Gasteiger charge is -2.30. The quantitative estimate of drug-likeness (QED) is 0.623. The minimum atomic E-state index is -0.0582. The van der Waals surface area contributed by atoms with Crippen LogP contribution < -0.4 is 0 Å². The highest BCUT2D eigenvalue weighted by atomic mass is 16.5. The Bertz CT molecular complexity index is 690. The van der Waals surface area contributed by atoms with Gasteiger partial charge in [-0.15, -0.1) is 0 Å². The molecule has 0 spiro atoms. The van der Waals surface area contributed by atoms with Crippen LogP contribution in [-0.2, 0) is 9.53 Å². The Morgan fingerprint density at radius 1 is 1.19 bits per heavy atom. The molecule has 6 heteroatoms. The maximum Gasteiger partial charge on any atom is 0.223 e. The zero-order valence-electron chi connectivity index (χ0n) is 16.4. The fourth-order valence-electron chi connectivity index (χ4n) is 3.18. The van der Waals surface area contributed by atoms with Crippen LogP contribution in [0.1, 0.15) is 40.7 Å². The SMILES string of the molecule is Cc1ccc(C)c(C(=O)CCC(=O)N(CCC#N)CCN2CCOCC2)c1. The Morgan fingerprint density at radius 2 is 1.93 bits per heavy atom. The van der Waals surface area contributed by atoms with Crippen molar-refractivity contribution in [3.8, 4) is 6.07 Å². The number of Topliss-reactive ketones (excluding diaryl/α,β-unsaturated/α-hetero) is 1. The topological polar surface area (TPSA) is 73.6 Å². The molecule has 27 heavy (non-hydrogen) atoms. The molecule has 0 N–H and O–H groups in total. The van der Waals surface area contributed by atoms with Gasteiger partial charge in [-0.1, -0.05) is 17.7 Å². The molecule has 0 saturated carbocycles. The molecule has 1 aliphatic heterocycles. The number of morpholine rings is 1. The molecule has 6 nitrogen and oxygen atoms in total. The summed E-state index contributed by atoms with van der Waals surface area (Å²) in [6.45, 7) is 8.80. The third kappa shape index (κ3) is 6.78. The lowest BCUT2D eigenvalue weighted by molar-refractivity contribution is -0.131. The Balaban J connectivity index is 1.89. The minimum Gasteiger partial charge on any atom is -0.379 e. The summed E-state index contributed by atoms with van der Waals surface area (Å²) in [5.74, 6) is -0.0601. The van der Waals surface area contributed by atoms with E-state index < -0.39 is 0 Å². The number of carbonyl (C=O) groups excluding carboxylic acids is 2. The summed E-state index contributed by atoms with van der Waals surface area (Å²) in [6, 6.07) is 7.90. The third-order valence-corrected chi connectivity index (χ3v) is 4.90. The standard InChI is InChI=1S/C21H29N3O3/c1-17-4-5-18(2)19(16-17)20(25)6-7-21(26)24(9-3-8-22)11-10-23-12-14-27-15-13-23/h4-5,16H,3,6-7,9-15H2,1-2H3. The van der Waals surface area contributed by atoms with Crippen molar-refractivity contribution in [2.45, 2.75) is 33.1 Å². The first-order valence-corrected chi connectivity index (χ1v) is 9.56. The van der Waals surface area contributed by atoms with Gasteiger partial charge in [0.25, 0.3) is 0 Å². The van der Waals surface area contributed by atoms with Crippen LogP contribution >= 0.6 is 0 Å². The molecule has 0 unspecified atom stereocenters. The molecule has 1 aliphatic rings. The molecular weight excluding hydrogens is 342 g/mol. The van der Waals surface area contributed by atoms with E-state index in [4.69, 9.17) is 10.00 Å². The number of carbonyl (C=O) groups is 2. The molecule has 2 rings (SSSR count). The number of aryl methyl sites for hydroxylation is 2. The van der Waals surface area contributed by atoms with Gasteiger partial charge in [0.2, 0.25) is 5.91 Å². The predicted octanol–water partition coefficient (Wildman–Crippen LogP) is 2.34. The van der Waals surface area contributed by atoms with Crippen molar-refractivity contribution in [2.75, 3.05) is 45.9 Å². The minimum absolute atomic E-state index is 0.00189. The third-order valence-electron chi connectivity index (χ3n) is 4.90. The van der Waals surface area contributed by atoms with Crippen molar-refractivity contribution in [3.63, 3.8) is 0 Å². The predicted molar refractivity (Wildman–Crippen MR) is 104 cm³/mol. The molecule has 1 amide bonds. The highest BCUT2D eigenvalue weighted by molar-refractivity contribution is 5.99. The van der Waals surface area contributed by atoms with Crippen molar-refractivity contribution in [2.24, 2.45) is 0 Å². The van der Waals surface area contributed by atoms with E-state index in [1.807, 2.05) is 32.0 Å². The molecular formula is C21H29N3O3. The molecule has 0 aliphatic carbocycles. The molecule has 1 saturated heterocycles. The zero-order valence-corrected chi connectivity index (χ0v) is 16.4. The van der Waals surface area contributed by atoms with Crippen LogP contribution in [0.5, 0.6) is 0 Å². The monoisotopic (exact) mass is 371 g/mol. The van der Waals surface area contributed by atoms with Crippen molar-refractivity contribution >= 4 is 11.7 Å². The van der Waals surface area contributed by atoms with Crippen LogP contribution in [0.15, 0.2) is 18.2 Å². The normalized spacial score (nSPS) is 14.6. The van der Waals surface area contributed by atoms with Crippen LogP contribution in [0, 0.1) is 25.2 Å². The number of ketones is 1. The van der Waals surface area contributed by atoms with Gasteiger partial charge in [0.15, 0.2) is 5.78 Å². The van der Waals surface area contributed by atoms with Gasteiger partial charge in [-0.2, -0.15) is 5.26 Å². The molecule has 0 atom stereocenters.